The molecular weight excluding hydrogens is 394 g/mol. The van der Waals surface area contributed by atoms with Crippen LogP contribution in [-0.4, -0.2) is 58.0 Å². The van der Waals surface area contributed by atoms with Gasteiger partial charge in [-0.3, -0.25) is 14.5 Å². The number of pyridine rings is 1. The summed E-state index contributed by atoms with van der Waals surface area (Å²) >= 11 is 0. The number of rotatable bonds is 6. The molecule has 4 rings (SSSR count). The summed E-state index contributed by atoms with van der Waals surface area (Å²) in [5.74, 6) is -0.184. The molecule has 0 saturated carbocycles. The second-order valence-electron chi connectivity index (χ2n) is 8.10. The normalized spacial score (nSPS) is 15.9. The molecule has 3 heterocycles. The largest absolute Gasteiger partial charge is 0.480 e. The van der Waals surface area contributed by atoms with E-state index in [1.807, 2.05) is 55.1 Å². The number of fused-ring (bicyclic) bond motifs is 1. The minimum absolute atomic E-state index is 0.0723. The van der Waals surface area contributed by atoms with E-state index in [0.717, 1.165) is 16.7 Å². The maximum absolute atomic E-state index is 12.3. The van der Waals surface area contributed by atoms with E-state index in [1.54, 1.807) is 12.4 Å². The average Bonchev–Trinajstić information content (AvgIpc) is 3.17. The summed E-state index contributed by atoms with van der Waals surface area (Å²) < 4.78 is 0. The molecule has 1 saturated heterocycles. The van der Waals surface area contributed by atoms with Crippen LogP contribution in [0.5, 0.6) is 0 Å². The van der Waals surface area contributed by atoms with Gasteiger partial charge in [0.2, 0.25) is 5.91 Å². The van der Waals surface area contributed by atoms with Crippen molar-refractivity contribution in [2.45, 2.75) is 19.9 Å². The highest BCUT2D eigenvalue weighted by molar-refractivity contribution is 5.96. The number of carboxylic acid groups (broad SMARTS) is 1. The molecule has 1 fully saturated rings. The van der Waals surface area contributed by atoms with Crippen molar-refractivity contribution in [1.82, 2.24) is 14.9 Å². The molecule has 1 aromatic carbocycles. The van der Waals surface area contributed by atoms with Crippen LogP contribution < -0.4 is 10.2 Å². The summed E-state index contributed by atoms with van der Waals surface area (Å²) in [6.45, 7) is 6.31. The van der Waals surface area contributed by atoms with Crippen LogP contribution in [0.4, 0.5) is 11.5 Å². The molecule has 1 aliphatic rings. The van der Waals surface area contributed by atoms with Crippen LogP contribution in [0.3, 0.4) is 0 Å². The number of aliphatic carboxylic acids is 1. The summed E-state index contributed by atoms with van der Waals surface area (Å²) in [6, 6.07) is 10.6. The predicted molar refractivity (Wildman–Crippen MR) is 120 cm³/mol. The molecule has 1 unspecified atom stereocenters. The number of hydrogen-bond donors (Lipinski definition) is 3. The van der Waals surface area contributed by atoms with E-state index in [2.05, 4.69) is 20.2 Å². The quantitative estimate of drug-likeness (QED) is 0.565. The van der Waals surface area contributed by atoms with Crippen molar-refractivity contribution in [3.63, 3.8) is 0 Å². The Labute approximate surface area is 180 Å². The molecule has 0 spiro atoms. The number of aromatic amines is 1. The van der Waals surface area contributed by atoms with Crippen LogP contribution in [-0.2, 0) is 9.59 Å². The summed E-state index contributed by atoms with van der Waals surface area (Å²) in [4.78, 5) is 36.1. The first-order chi connectivity index (χ1) is 14.9. The van der Waals surface area contributed by atoms with Crippen molar-refractivity contribution < 1.29 is 14.7 Å². The highest BCUT2D eigenvalue weighted by atomic mass is 16.4. The van der Waals surface area contributed by atoms with E-state index in [1.165, 1.54) is 0 Å². The summed E-state index contributed by atoms with van der Waals surface area (Å²) in [7, 11) is 0. The molecule has 1 atom stereocenters. The van der Waals surface area contributed by atoms with Gasteiger partial charge in [-0.25, -0.2) is 4.98 Å². The third kappa shape index (κ3) is 4.39. The fourth-order valence-electron chi connectivity index (χ4n) is 3.97. The Morgan fingerprint density at radius 2 is 1.90 bits per heavy atom. The highest BCUT2D eigenvalue weighted by Gasteiger charge is 2.32. The number of carbonyl (C=O) groups is 2. The van der Waals surface area contributed by atoms with E-state index < -0.39 is 12.0 Å². The van der Waals surface area contributed by atoms with Crippen LogP contribution >= 0.6 is 0 Å². The molecule has 2 aromatic heterocycles. The number of amides is 1. The first-order valence-corrected chi connectivity index (χ1v) is 10.5. The SMILES string of the molecule is CC(C)C(=O)Nc1ccc2[nH]cc(C(C(=O)O)N3CCN(c4ccccn4)CC3)c2c1. The van der Waals surface area contributed by atoms with Crippen molar-refractivity contribution in [3.8, 4) is 0 Å². The smallest absolute Gasteiger partial charge is 0.325 e. The van der Waals surface area contributed by atoms with Gasteiger partial charge in [-0.2, -0.15) is 0 Å². The third-order valence-corrected chi connectivity index (χ3v) is 5.69. The number of nitrogens with zero attached hydrogens (tertiary/aromatic N) is 3. The molecule has 1 aliphatic heterocycles. The zero-order valence-corrected chi connectivity index (χ0v) is 17.7. The Balaban J connectivity index is 1.57. The number of carboxylic acids is 1. The lowest BCUT2D eigenvalue weighted by Crippen LogP contribution is -2.49. The van der Waals surface area contributed by atoms with Gasteiger partial charge in [-0.05, 0) is 30.3 Å². The van der Waals surface area contributed by atoms with E-state index in [-0.39, 0.29) is 11.8 Å². The van der Waals surface area contributed by atoms with Gasteiger partial charge in [0.05, 0.1) is 0 Å². The van der Waals surface area contributed by atoms with Gasteiger partial charge in [0.15, 0.2) is 0 Å². The minimum Gasteiger partial charge on any atom is -0.480 e. The summed E-state index contributed by atoms with van der Waals surface area (Å²) in [6.07, 6.45) is 3.53. The first kappa shape index (κ1) is 20.9. The van der Waals surface area contributed by atoms with E-state index in [0.29, 0.717) is 37.4 Å². The molecule has 0 aliphatic carbocycles. The number of H-pyrrole nitrogens is 1. The molecule has 162 valence electrons. The average molecular weight is 422 g/mol. The molecule has 8 heteroatoms. The molecule has 3 N–H and O–H groups in total. The Morgan fingerprint density at radius 1 is 1.13 bits per heavy atom. The van der Waals surface area contributed by atoms with Crippen molar-refractivity contribution in [3.05, 3.63) is 54.4 Å². The number of nitrogens with one attached hydrogen (secondary N) is 2. The number of anilines is 2. The lowest BCUT2D eigenvalue weighted by Gasteiger charge is -2.38. The van der Waals surface area contributed by atoms with Crippen molar-refractivity contribution in [2.75, 3.05) is 36.4 Å². The summed E-state index contributed by atoms with van der Waals surface area (Å²) in [5, 5.41) is 13.8. The van der Waals surface area contributed by atoms with E-state index in [9.17, 15) is 14.7 Å². The van der Waals surface area contributed by atoms with Crippen LogP contribution in [0.1, 0.15) is 25.5 Å². The van der Waals surface area contributed by atoms with Gasteiger partial charge >= 0.3 is 5.97 Å². The molecule has 1 amide bonds. The Morgan fingerprint density at radius 3 is 2.55 bits per heavy atom. The number of aromatic nitrogens is 2. The fraction of sp³-hybridized carbons (Fsp3) is 0.348. The topological polar surface area (TPSA) is 102 Å². The predicted octanol–water partition coefficient (Wildman–Crippen LogP) is 3.11. The monoisotopic (exact) mass is 421 g/mol. The standard InChI is InChI=1S/C23H27N5O3/c1-15(2)22(29)26-16-6-7-19-17(13-16)18(14-25-19)21(23(30)31)28-11-9-27(10-12-28)20-5-3-4-8-24-20/h3-8,13-15,21,25H,9-12H2,1-2H3,(H,26,29)(H,30,31). The number of piperazine rings is 1. The van der Waals surface area contributed by atoms with Crippen molar-refractivity contribution in [1.29, 1.82) is 0 Å². The zero-order chi connectivity index (χ0) is 22.0. The molecule has 8 nitrogen and oxygen atoms in total. The van der Waals surface area contributed by atoms with Gasteiger partial charge < -0.3 is 20.3 Å². The Kier molecular flexibility index (Phi) is 5.90. The number of hydrogen-bond acceptors (Lipinski definition) is 5. The minimum atomic E-state index is -0.885. The second kappa shape index (κ2) is 8.77. The van der Waals surface area contributed by atoms with Gasteiger partial charge in [-0.1, -0.05) is 19.9 Å². The van der Waals surface area contributed by atoms with Crippen molar-refractivity contribution >= 4 is 34.3 Å². The van der Waals surface area contributed by atoms with E-state index in [4.69, 9.17) is 0 Å². The van der Waals surface area contributed by atoms with E-state index >= 15 is 0 Å². The van der Waals surface area contributed by atoms with Gasteiger partial charge in [0.1, 0.15) is 11.9 Å². The zero-order valence-electron chi connectivity index (χ0n) is 17.7. The summed E-state index contributed by atoms with van der Waals surface area (Å²) in [5.41, 5.74) is 2.21. The molecule has 3 aromatic rings. The maximum atomic E-state index is 12.3. The third-order valence-electron chi connectivity index (χ3n) is 5.69. The van der Waals surface area contributed by atoms with Crippen LogP contribution in [0.15, 0.2) is 48.8 Å². The number of carbonyl (C=O) groups excluding carboxylic acids is 1. The number of benzene rings is 1. The first-order valence-electron chi connectivity index (χ1n) is 10.5. The Bertz CT molecular complexity index is 1070. The van der Waals surface area contributed by atoms with Crippen LogP contribution in [0, 0.1) is 5.92 Å². The Hall–Kier alpha value is -3.39. The van der Waals surface area contributed by atoms with Crippen LogP contribution in [0.2, 0.25) is 0 Å². The van der Waals surface area contributed by atoms with Crippen LogP contribution in [0.25, 0.3) is 10.9 Å². The lowest BCUT2D eigenvalue weighted by molar-refractivity contribution is -0.143. The maximum Gasteiger partial charge on any atom is 0.325 e. The van der Waals surface area contributed by atoms with Crippen molar-refractivity contribution in [2.24, 2.45) is 5.92 Å². The molecule has 0 radical (unpaired) electrons. The molecule has 31 heavy (non-hydrogen) atoms. The van der Waals surface area contributed by atoms with Gasteiger partial charge in [0.25, 0.3) is 0 Å². The van der Waals surface area contributed by atoms with Gasteiger partial charge in [0, 0.05) is 66.6 Å². The fourth-order valence-corrected chi connectivity index (χ4v) is 3.97. The van der Waals surface area contributed by atoms with Gasteiger partial charge in [-0.15, -0.1) is 0 Å². The second-order valence-corrected chi connectivity index (χ2v) is 8.10. The lowest BCUT2D eigenvalue weighted by atomic mass is 10.0. The molecule has 0 bridgehead atoms. The highest BCUT2D eigenvalue weighted by Crippen LogP contribution is 2.31. The molecular formula is C23H27N5O3.